The Balaban J connectivity index is 0. The fraction of sp³-hybridized carbons (Fsp3) is 0. The average Bonchev–Trinajstić information content (AvgIpc) is 1.76. The lowest BCUT2D eigenvalue weighted by atomic mass is 10.7. The van der Waals surface area contributed by atoms with Crippen molar-refractivity contribution < 1.29 is 0 Å². The number of hydrogen-bond acceptors (Lipinski definition) is 1. The minimum absolute atomic E-state index is 0. The fourth-order valence-corrected chi connectivity index (χ4v) is 0.680. The van der Waals surface area contributed by atoms with Crippen LogP contribution in [-0.2, 0) is 0 Å². The smallest absolute Gasteiger partial charge is 0.00934 e. The third kappa shape index (κ3) is 4.13. The summed E-state index contributed by atoms with van der Waals surface area (Å²) in [6.45, 7) is 0. The molecule has 7 heavy (non-hydrogen) atoms. The van der Waals surface area contributed by atoms with Gasteiger partial charge in [0.15, 0.2) is 0 Å². The van der Waals surface area contributed by atoms with Gasteiger partial charge in [-0.15, -0.1) is 24.8 Å². The third-order valence-electron chi connectivity index (χ3n) is 0.425. The second-order valence-corrected chi connectivity index (χ2v) is 1.61. The van der Waals surface area contributed by atoms with E-state index >= 15 is 0 Å². The molecule has 1 aromatic rings. The average molecular weight is 157 g/mol. The Morgan fingerprint density at radius 3 is 1.43 bits per heavy atom. The van der Waals surface area contributed by atoms with Gasteiger partial charge < -0.3 is 0 Å². The molecule has 3 heteroatoms. The van der Waals surface area contributed by atoms with E-state index in [0.717, 1.165) is 0 Å². The monoisotopic (exact) mass is 156 g/mol. The van der Waals surface area contributed by atoms with Gasteiger partial charge in [-0.05, 0) is 10.8 Å². The molecule has 0 radical (unpaired) electrons. The Kier molecular flexibility index (Phi) is 9.24. The molecule has 0 unspecified atom stereocenters. The van der Waals surface area contributed by atoms with Crippen LogP contribution in [0.5, 0.6) is 0 Å². The lowest BCUT2D eigenvalue weighted by Crippen LogP contribution is -1.16. The molecule has 0 aliphatic heterocycles. The van der Waals surface area contributed by atoms with E-state index in [1.165, 1.54) is 0 Å². The minimum atomic E-state index is 0. The van der Waals surface area contributed by atoms with Crippen molar-refractivity contribution in [3.63, 3.8) is 0 Å². The molecule has 0 atom stereocenters. The van der Waals surface area contributed by atoms with Crippen molar-refractivity contribution in [1.29, 1.82) is 0 Å². The Morgan fingerprint density at radius 1 is 0.857 bits per heavy atom. The second kappa shape index (κ2) is 6.28. The number of halogens is 2. The van der Waals surface area contributed by atoms with Crippen molar-refractivity contribution in [2.24, 2.45) is 0 Å². The van der Waals surface area contributed by atoms with Gasteiger partial charge in [0.25, 0.3) is 0 Å². The zero-order chi connectivity index (χ0) is 3.54. The summed E-state index contributed by atoms with van der Waals surface area (Å²) in [5.74, 6) is 0. The zero-order valence-electron chi connectivity index (χ0n) is 3.53. The normalized spacial score (nSPS) is 5.71. The van der Waals surface area contributed by atoms with Crippen LogP contribution in [0.3, 0.4) is 0 Å². The summed E-state index contributed by atoms with van der Waals surface area (Å²) in [6.07, 6.45) is 0. The molecule has 0 fully saturated rings. The van der Waals surface area contributed by atoms with Crippen LogP contribution in [0.25, 0.3) is 0 Å². The summed E-state index contributed by atoms with van der Waals surface area (Å²) >= 11 is 1.71. The highest BCUT2D eigenvalue weighted by molar-refractivity contribution is 7.07. The molecule has 0 amide bonds. The molecule has 1 heterocycles. The van der Waals surface area contributed by atoms with E-state index in [9.17, 15) is 0 Å². The van der Waals surface area contributed by atoms with Gasteiger partial charge in [0, 0.05) is 0 Å². The van der Waals surface area contributed by atoms with E-state index in [0.29, 0.717) is 0 Å². The summed E-state index contributed by atoms with van der Waals surface area (Å²) in [4.78, 5) is 0. The Bertz CT molecular complexity index is 66.2. The number of hydrogen-bond donors (Lipinski definition) is 0. The summed E-state index contributed by atoms with van der Waals surface area (Å²) in [5, 5.41) is 4.08. The maximum atomic E-state index is 2.04. The van der Waals surface area contributed by atoms with Crippen LogP contribution in [0.1, 0.15) is 0 Å². The van der Waals surface area contributed by atoms with E-state index in [1.54, 1.807) is 11.3 Å². The van der Waals surface area contributed by atoms with Crippen LogP contribution in [0.15, 0.2) is 22.9 Å². The molecule has 1 aromatic heterocycles. The van der Waals surface area contributed by atoms with Gasteiger partial charge in [0.1, 0.15) is 0 Å². The first-order valence-electron chi connectivity index (χ1n) is 1.47. The first-order valence-corrected chi connectivity index (χ1v) is 2.41. The molecule has 0 nitrogen and oxygen atoms in total. The van der Waals surface area contributed by atoms with Gasteiger partial charge in [-0.2, -0.15) is 11.3 Å². The quantitative estimate of drug-likeness (QED) is 0.542. The molecule has 0 N–H and O–H groups in total. The summed E-state index contributed by atoms with van der Waals surface area (Å²) in [5.41, 5.74) is 0. The highest BCUT2D eigenvalue weighted by atomic mass is 35.5. The Hall–Kier alpha value is 0.280. The van der Waals surface area contributed by atoms with Crippen LogP contribution < -0.4 is 0 Å². The van der Waals surface area contributed by atoms with Crippen LogP contribution >= 0.6 is 36.2 Å². The minimum Gasteiger partial charge on any atom is -0.152 e. The lowest BCUT2D eigenvalue weighted by Gasteiger charge is -1.39. The molecule has 42 valence electrons. The van der Waals surface area contributed by atoms with Crippen molar-refractivity contribution >= 4 is 36.2 Å². The molecular weight excluding hydrogens is 151 g/mol. The molecule has 0 spiro atoms. The first-order chi connectivity index (χ1) is 2.50. The van der Waals surface area contributed by atoms with Gasteiger partial charge in [-0.25, -0.2) is 0 Å². The molecule has 0 bridgehead atoms. The summed E-state index contributed by atoms with van der Waals surface area (Å²) in [6, 6.07) is 4.04. The third-order valence-corrected chi connectivity index (χ3v) is 1.05. The van der Waals surface area contributed by atoms with E-state index in [1.807, 2.05) is 22.9 Å². The van der Waals surface area contributed by atoms with Gasteiger partial charge in [-0.1, -0.05) is 12.1 Å². The maximum Gasteiger partial charge on any atom is -0.00934 e. The van der Waals surface area contributed by atoms with Crippen molar-refractivity contribution in [2.45, 2.75) is 0 Å². The largest absolute Gasteiger partial charge is 0.152 e. The van der Waals surface area contributed by atoms with Crippen LogP contribution in [-0.4, -0.2) is 0 Å². The fourth-order valence-electron chi connectivity index (χ4n) is 0.227. The van der Waals surface area contributed by atoms with Crippen molar-refractivity contribution in [3.8, 4) is 0 Å². The second-order valence-electron chi connectivity index (χ2n) is 0.793. The van der Waals surface area contributed by atoms with E-state index < -0.39 is 0 Å². The molecule has 1 rings (SSSR count). The van der Waals surface area contributed by atoms with E-state index in [-0.39, 0.29) is 24.8 Å². The SMILES string of the molecule is Cl.Cl.c1ccsc1. The van der Waals surface area contributed by atoms with Crippen molar-refractivity contribution in [3.05, 3.63) is 22.9 Å². The van der Waals surface area contributed by atoms with E-state index in [4.69, 9.17) is 0 Å². The van der Waals surface area contributed by atoms with Crippen LogP contribution in [0, 0.1) is 0 Å². The molecular formula is C4H6Cl2S. The maximum absolute atomic E-state index is 2.04. The Morgan fingerprint density at radius 2 is 1.29 bits per heavy atom. The highest BCUT2D eigenvalue weighted by Crippen LogP contribution is 1.91. The predicted molar refractivity (Wildman–Crippen MR) is 38.8 cm³/mol. The molecule has 0 aliphatic carbocycles. The number of rotatable bonds is 0. The van der Waals surface area contributed by atoms with Crippen LogP contribution in [0.2, 0.25) is 0 Å². The van der Waals surface area contributed by atoms with Crippen molar-refractivity contribution in [1.82, 2.24) is 0 Å². The molecule has 0 saturated carbocycles. The van der Waals surface area contributed by atoms with Gasteiger partial charge in [0.2, 0.25) is 0 Å². The van der Waals surface area contributed by atoms with Crippen LogP contribution in [0.4, 0.5) is 0 Å². The summed E-state index contributed by atoms with van der Waals surface area (Å²) in [7, 11) is 0. The standard InChI is InChI=1S/C4H4S.2ClH/c1-2-4-5-3-1;;/h1-4H;2*1H. The topological polar surface area (TPSA) is 0 Å². The predicted octanol–water partition coefficient (Wildman–Crippen LogP) is 2.59. The van der Waals surface area contributed by atoms with E-state index in [2.05, 4.69) is 0 Å². The molecule has 0 aromatic carbocycles. The number of thiophene rings is 1. The molecule has 0 aliphatic rings. The van der Waals surface area contributed by atoms with Crippen molar-refractivity contribution in [2.75, 3.05) is 0 Å². The van der Waals surface area contributed by atoms with Gasteiger partial charge in [0.05, 0.1) is 0 Å². The summed E-state index contributed by atoms with van der Waals surface area (Å²) < 4.78 is 0. The molecule has 0 saturated heterocycles. The first kappa shape index (κ1) is 10.3. The van der Waals surface area contributed by atoms with Gasteiger partial charge in [-0.3, -0.25) is 0 Å². The zero-order valence-corrected chi connectivity index (χ0v) is 5.98. The Labute approximate surface area is 59.4 Å². The lowest BCUT2D eigenvalue weighted by molar-refractivity contribution is 2.03. The van der Waals surface area contributed by atoms with Gasteiger partial charge >= 0.3 is 0 Å². The highest BCUT2D eigenvalue weighted by Gasteiger charge is 1.58.